The first-order valence-electron chi connectivity index (χ1n) is 12.2. The minimum absolute atomic E-state index is 0.137. The van der Waals surface area contributed by atoms with Gasteiger partial charge in [0.1, 0.15) is 11.5 Å². The molecule has 0 amide bonds. The van der Waals surface area contributed by atoms with Crippen molar-refractivity contribution in [3.63, 3.8) is 0 Å². The molecule has 4 heteroatoms. The van der Waals surface area contributed by atoms with E-state index in [2.05, 4.69) is 31.2 Å². The highest BCUT2D eigenvalue weighted by Crippen LogP contribution is 2.25. The number of carbonyl (C=O) groups excluding carboxylic acids is 1. The second-order valence-electron chi connectivity index (χ2n) is 8.51. The molecule has 0 fully saturated rings. The number of rotatable bonds is 16. The van der Waals surface area contributed by atoms with E-state index in [1.807, 2.05) is 38.1 Å². The third kappa shape index (κ3) is 10.2. The van der Waals surface area contributed by atoms with E-state index in [9.17, 15) is 4.79 Å². The van der Waals surface area contributed by atoms with Crippen molar-refractivity contribution in [1.29, 1.82) is 0 Å². The number of hydrogen-bond donors (Lipinski definition) is 0. The van der Waals surface area contributed by atoms with Crippen LogP contribution in [0, 0.1) is 5.92 Å². The summed E-state index contributed by atoms with van der Waals surface area (Å²) in [4.78, 5) is 11.5. The van der Waals surface area contributed by atoms with Crippen molar-refractivity contribution in [2.24, 2.45) is 5.92 Å². The van der Waals surface area contributed by atoms with Gasteiger partial charge < -0.3 is 14.2 Å². The fraction of sp³-hybridized carbons (Fsp3) is 0.536. The number of benzene rings is 2. The number of esters is 1. The molecule has 1 atom stereocenters. The third-order valence-electron chi connectivity index (χ3n) is 5.33. The summed E-state index contributed by atoms with van der Waals surface area (Å²) >= 11 is 0. The van der Waals surface area contributed by atoms with Gasteiger partial charge in [-0.2, -0.15) is 0 Å². The van der Waals surface area contributed by atoms with Crippen molar-refractivity contribution < 1.29 is 19.0 Å². The maximum absolute atomic E-state index is 11.5. The molecule has 176 valence electrons. The highest BCUT2D eigenvalue weighted by Gasteiger charge is 2.08. The van der Waals surface area contributed by atoms with Crippen molar-refractivity contribution in [2.45, 2.75) is 72.1 Å². The van der Waals surface area contributed by atoms with Crippen molar-refractivity contribution in [2.75, 3.05) is 19.8 Å². The number of ether oxygens (including phenoxy) is 3. The molecule has 0 aliphatic heterocycles. The van der Waals surface area contributed by atoms with E-state index < -0.39 is 0 Å². The van der Waals surface area contributed by atoms with Crippen LogP contribution in [-0.4, -0.2) is 25.8 Å². The predicted octanol–water partition coefficient (Wildman–Crippen LogP) is 7.45. The van der Waals surface area contributed by atoms with Gasteiger partial charge in [0.05, 0.1) is 19.8 Å². The Balaban J connectivity index is 1.71. The summed E-state index contributed by atoms with van der Waals surface area (Å²) in [7, 11) is 0. The SMILES string of the molecule is CCCCCCCCOc1ccc(-c2ccc(OCC(C)COC(=O)CCC)cc2)cc1. The number of unbranched alkanes of at least 4 members (excludes halogenated alkanes) is 5. The van der Waals surface area contributed by atoms with Gasteiger partial charge in [0.15, 0.2) is 0 Å². The number of carbonyl (C=O) groups is 1. The molecular formula is C28H40O4. The Kier molecular flexibility index (Phi) is 12.3. The van der Waals surface area contributed by atoms with Gasteiger partial charge in [-0.25, -0.2) is 0 Å². The fourth-order valence-electron chi connectivity index (χ4n) is 3.36. The lowest BCUT2D eigenvalue weighted by Gasteiger charge is -2.14. The van der Waals surface area contributed by atoms with Crippen molar-refractivity contribution >= 4 is 5.97 Å². The Labute approximate surface area is 194 Å². The first-order valence-corrected chi connectivity index (χ1v) is 12.2. The summed E-state index contributed by atoms with van der Waals surface area (Å²) < 4.78 is 17.0. The zero-order chi connectivity index (χ0) is 23.0. The van der Waals surface area contributed by atoms with E-state index in [0.717, 1.165) is 42.1 Å². The van der Waals surface area contributed by atoms with Crippen LogP contribution in [0.25, 0.3) is 11.1 Å². The van der Waals surface area contributed by atoms with E-state index in [0.29, 0.717) is 19.6 Å². The van der Waals surface area contributed by atoms with Gasteiger partial charge in [-0.15, -0.1) is 0 Å². The van der Waals surface area contributed by atoms with E-state index >= 15 is 0 Å². The van der Waals surface area contributed by atoms with Gasteiger partial charge in [-0.05, 0) is 48.2 Å². The molecule has 0 N–H and O–H groups in total. The summed E-state index contributed by atoms with van der Waals surface area (Å²) in [5.74, 6) is 1.76. The van der Waals surface area contributed by atoms with Crippen LogP contribution in [0.3, 0.4) is 0 Å². The molecule has 0 radical (unpaired) electrons. The van der Waals surface area contributed by atoms with Crippen molar-refractivity contribution in [3.8, 4) is 22.6 Å². The maximum atomic E-state index is 11.5. The molecular weight excluding hydrogens is 400 g/mol. The van der Waals surface area contributed by atoms with Crippen molar-refractivity contribution in [3.05, 3.63) is 48.5 Å². The van der Waals surface area contributed by atoms with E-state index in [-0.39, 0.29) is 11.9 Å². The fourth-order valence-corrected chi connectivity index (χ4v) is 3.36. The normalized spacial score (nSPS) is 11.7. The monoisotopic (exact) mass is 440 g/mol. The smallest absolute Gasteiger partial charge is 0.305 e. The summed E-state index contributed by atoms with van der Waals surface area (Å²) in [5.41, 5.74) is 2.29. The average molecular weight is 441 g/mol. The summed E-state index contributed by atoms with van der Waals surface area (Å²) in [6, 6.07) is 16.4. The molecule has 0 heterocycles. The molecule has 0 aliphatic rings. The van der Waals surface area contributed by atoms with Gasteiger partial charge in [0.25, 0.3) is 0 Å². The highest BCUT2D eigenvalue weighted by atomic mass is 16.5. The lowest BCUT2D eigenvalue weighted by molar-refractivity contribution is -0.145. The van der Waals surface area contributed by atoms with Crippen LogP contribution >= 0.6 is 0 Å². The van der Waals surface area contributed by atoms with Gasteiger partial charge in [-0.1, -0.05) is 77.1 Å². The molecule has 32 heavy (non-hydrogen) atoms. The van der Waals surface area contributed by atoms with E-state index in [4.69, 9.17) is 14.2 Å². The molecule has 0 bridgehead atoms. The van der Waals surface area contributed by atoms with Crippen LogP contribution in [0.15, 0.2) is 48.5 Å². The molecule has 2 aromatic carbocycles. The zero-order valence-corrected chi connectivity index (χ0v) is 20.1. The van der Waals surface area contributed by atoms with Gasteiger partial charge in [0.2, 0.25) is 0 Å². The molecule has 0 aromatic heterocycles. The summed E-state index contributed by atoms with van der Waals surface area (Å²) in [6.45, 7) is 7.93. The second-order valence-corrected chi connectivity index (χ2v) is 8.51. The van der Waals surface area contributed by atoms with E-state index in [1.54, 1.807) is 0 Å². The van der Waals surface area contributed by atoms with Gasteiger partial charge in [-0.3, -0.25) is 4.79 Å². The lowest BCUT2D eigenvalue weighted by Crippen LogP contribution is -2.17. The Hall–Kier alpha value is -2.49. The van der Waals surface area contributed by atoms with E-state index in [1.165, 1.54) is 32.1 Å². The van der Waals surface area contributed by atoms with Crippen LogP contribution in [0.1, 0.15) is 72.1 Å². The summed E-state index contributed by atoms with van der Waals surface area (Å²) in [6.07, 6.45) is 8.92. The number of hydrogen-bond acceptors (Lipinski definition) is 4. The quantitative estimate of drug-likeness (QED) is 0.201. The van der Waals surface area contributed by atoms with Crippen molar-refractivity contribution in [1.82, 2.24) is 0 Å². The molecule has 0 aliphatic carbocycles. The largest absolute Gasteiger partial charge is 0.494 e. The zero-order valence-electron chi connectivity index (χ0n) is 20.1. The topological polar surface area (TPSA) is 44.8 Å². The lowest BCUT2D eigenvalue weighted by atomic mass is 10.1. The standard InChI is InChI=1S/C28H40O4/c1-4-6-7-8-9-10-20-30-26-16-12-24(13-17-26)25-14-18-27(19-15-25)31-21-23(3)22-32-28(29)11-5-2/h12-19,23H,4-11,20-22H2,1-3H3. The first-order chi connectivity index (χ1) is 15.6. The molecule has 0 saturated carbocycles. The van der Waals surface area contributed by atoms with Crippen LogP contribution in [0.2, 0.25) is 0 Å². The first kappa shape index (κ1) is 25.8. The Morgan fingerprint density at radius 3 is 1.88 bits per heavy atom. The Morgan fingerprint density at radius 2 is 1.28 bits per heavy atom. The van der Waals surface area contributed by atoms with Crippen LogP contribution in [0.5, 0.6) is 11.5 Å². The molecule has 0 spiro atoms. The minimum Gasteiger partial charge on any atom is -0.494 e. The molecule has 0 saturated heterocycles. The van der Waals surface area contributed by atoms with Crippen LogP contribution in [-0.2, 0) is 9.53 Å². The third-order valence-corrected chi connectivity index (χ3v) is 5.33. The Bertz CT molecular complexity index is 752. The minimum atomic E-state index is -0.137. The summed E-state index contributed by atoms with van der Waals surface area (Å²) in [5, 5.41) is 0. The maximum Gasteiger partial charge on any atom is 0.305 e. The van der Waals surface area contributed by atoms with Crippen LogP contribution < -0.4 is 9.47 Å². The highest BCUT2D eigenvalue weighted by molar-refractivity contribution is 5.69. The molecule has 2 aromatic rings. The average Bonchev–Trinajstić information content (AvgIpc) is 2.82. The molecule has 4 nitrogen and oxygen atoms in total. The van der Waals surface area contributed by atoms with Gasteiger partial charge >= 0.3 is 5.97 Å². The second kappa shape index (κ2) is 15.3. The predicted molar refractivity (Wildman–Crippen MR) is 131 cm³/mol. The van der Waals surface area contributed by atoms with Gasteiger partial charge in [0, 0.05) is 12.3 Å². The molecule has 1 unspecified atom stereocenters. The van der Waals surface area contributed by atoms with Crippen LogP contribution in [0.4, 0.5) is 0 Å². The Morgan fingerprint density at radius 1 is 0.719 bits per heavy atom. The molecule has 2 rings (SSSR count).